The maximum atomic E-state index is 12.5. The first-order chi connectivity index (χ1) is 11.1. The number of carbonyl (C=O) groups excluding carboxylic acids is 1. The van der Waals surface area contributed by atoms with Crippen molar-refractivity contribution >= 4 is 23.3 Å². The molecule has 2 aromatic rings. The van der Waals surface area contributed by atoms with Crippen LogP contribution in [0.2, 0.25) is 5.02 Å². The molecular formula is C19H21ClN2O. The number of nitrogens with zero attached hydrogens (tertiary/aromatic N) is 1. The molecule has 1 saturated carbocycles. The second kappa shape index (κ2) is 6.63. The zero-order chi connectivity index (χ0) is 16.3. The second-order valence-electron chi connectivity index (χ2n) is 6.03. The van der Waals surface area contributed by atoms with E-state index in [0.717, 1.165) is 23.6 Å². The fourth-order valence-electron chi connectivity index (χ4n) is 2.91. The number of anilines is 1. The standard InChI is InChI=1S/C19H21ClN2O/c1-2-22(17-6-4-3-5-7-17)18(23)21-14-19(12-13-19)15-8-10-16(20)11-9-15/h3-11H,2,12-14H2,1H3,(H,21,23). The Morgan fingerprint density at radius 2 is 1.78 bits per heavy atom. The van der Waals surface area contributed by atoms with E-state index in [9.17, 15) is 4.79 Å². The van der Waals surface area contributed by atoms with Crippen LogP contribution in [0.1, 0.15) is 25.3 Å². The third-order valence-corrected chi connectivity index (χ3v) is 4.77. The minimum absolute atomic E-state index is 0.0426. The summed E-state index contributed by atoms with van der Waals surface area (Å²) in [5.41, 5.74) is 2.25. The van der Waals surface area contributed by atoms with E-state index < -0.39 is 0 Å². The van der Waals surface area contributed by atoms with Crippen LogP contribution in [0.15, 0.2) is 54.6 Å². The van der Waals surface area contributed by atoms with E-state index in [1.807, 2.05) is 49.4 Å². The van der Waals surface area contributed by atoms with Gasteiger partial charge in [0.05, 0.1) is 0 Å². The first kappa shape index (κ1) is 15.9. The zero-order valence-corrected chi connectivity index (χ0v) is 14.0. The number of hydrogen-bond acceptors (Lipinski definition) is 1. The van der Waals surface area contributed by atoms with Crippen molar-refractivity contribution in [2.45, 2.75) is 25.2 Å². The van der Waals surface area contributed by atoms with E-state index in [4.69, 9.17) is 11.6 Å². The van der Waals surface area contributed by atoms with E-state index in [0.29, 0.717) is 13.1 Å². The molecule has 0 heterocycles. The second-order valence-corrected chi connectivity index (χ2v) is 6.46. The zero-order valence-electron chi connectivity index (χ0n) is 13.3. The summed E-state index contributed by atoms with van der Waals surface area (Å²) in [4.78, 5) is 14.3. The molecule has 2 amide bonds. The number of hydrogen-bond donors (Lipinski definition) is 1. The Kier molecular flexibility index (Phi) is 4.58. The minimum Gasteiger partial charge on any atom is -0.337 e. The quantitative estimate of drug-likeness (QED) is 0.854. The summed E-state index contributed by atoms with van der Waals surface area (Å²) in [5.74, 6) is 0. The molecule has 0 aliphatic heterocycles. The molecule has 0 aromatic heterocycles. The molecule has 1 N–H and O–H groups in total. The van der Waals surface area contributed by atoms with E-state index in [1.54, 1.807) is 4.90 Å². The highest BCUT2D eigenvalue weighted by Gasteiger charge is 2.44. The molecule has 4 heteroatoms. The highest BCUT2D eigenvalue weighted by Crippen LogP contribution is 2.47. The molecule has 120 valence electrons. The number of urea groups is 1. The van der Waals surface area contributed by atoms with Gasteiger partial charge in [0, 0.05) is 29.2 Å². The number of halogens is 1. The van der Waals surface area contributed by atoms with Crippen LogP contribution in [0.25, 0.3) is 0 Å². The molecule has 0 bridgehead atoms. The van der Waals surface area contributed by atoms with Gasteiger partial charge in [-0.2, -0.15) is 0 Å². The van der Waals surface area contributed by atoms with Gasteiger partial charge in [0.1, 0.15) is 0 Å². The number of rotatable bonds is 5. The lowest BCUT2D eigenvalue weighted by Gasteiger charge is -2.24. The van der Waals surface area contributed by atoms with Crippen LogP contribution in [0.3, 0.4) is 0 Å². The first-order valence-corrected chi connectivity index (χ1v) is 8.39. The summed E-state index contributed by atoms with van der Waals surface area (Å²) in [5, 5.41) is 3.85. The van der Waals surface area contributed by atoms with Gasteiger partial charge >= 0.3 is 6.03 Å². The number of amides is 2. The Morgan fingerprint density at radius 3 is 2.35 bits per heavy atom. The normalized spacial score (nSPS) is 15.0. The van der Waals surface area contributed by atoms with Crippen LogP contribution >= 0.6 is 11.6 Å². The summed E-state index contributed by atoms with van der Waals surface area (Å²) in [6, 6.07) is 17.7. The van der Waals surface area contributed by atoms with Gasteiger partial charge in [0.15, 0.2) is 0 Å². The average molecular weight is 329 g/mol. The Hall–Kier alpha value is -2.00. The molecule has 0 unspecified atom stereocenters. The third kappa shape index (κ3) is 3.50. The highest BCUT2D eigenvalue weighted by molar-refractivity contribution is 6.30. The number of para-hydroxylation sites is 1. The lowest BCUT2D eigenvalue weighted by molar-refractivity contribution is 0.245. The molecule has 0 atom stereocenters. The van der Waals surface area contributed by atoms with E-state index >= 15 is 0 Å². The van der Waals surface area contributed by atoms with Crippen molar-refractivity contribution in [3.05, 3.63) is 65.2 Å². The lowest BCUT2D eigenvalue weighted by Crippen LogP contribution is -2.43. The Bertz CT molecular complexity index is 666. The molecule has 1 aliphatic rings. The summed E-state index contributed by atoms with van der Waals surface area (Å²) < 4.78 is 0. The highest BCUT2D eigenvalue weighted by atomic mass is 35.5. The Labute approximate surface area is 142 Å². The van der Waals surface area contributed by atoms with Gasteiger partial charge in [0.25, 0.3) is 0 Å². The van der Waals surface area contributed by atoms with Crippen molar-refractivity contribution in [1.82, 2.24) is 5.32 Å². The molecular weight excluding hydrogens is 308 g/mol. The van der Waals surface area contributed by atoms with Crippen molar-refractivity contribution in [2.75, 3.05) is 18.0 Å². The maximum Gasteiger partial charge on any atom is 0.321 e. The number of benzene rings is 2. The SMILES string of the molecule is CCN(C(=O)NCC1(c2ccc(Cl)cc2)CC1)c1ccccc1. The van der Waals surface area contributed by atoms with Gasteiger partial charge in [-0.15, -0.1) is 0 Å². The fraction of sp³-hybridized carbons (Fsp3) is 0.316. The van der Waals surface area contributed by atoms with Crippen LogP contribution in [0.4, 0.5) is 10.5 Å². The molecule has 0 radical (unpaired) electrons. The van der Waals surface area contributed by atoms with Crippen molar-refractivity contribution in [3.8, 4) is 0 Å². The van der Waals surface area contributed by atoms with Crippen LogP contribution in [-0.4, -0.2) is 19.1 Å². The number of nitrogens with one attached hydrogen (secondary N) is 1. The van der Waals surface area contributed by atoms with E-state index in [-0.39, 0.29) is 11.4 Å². The van der Waals surface area contributed by atoms with E-state index in [1.165, 1.54) is 5.56 Å². The van der Waals surface area contributed by atoms with Gasteiger partial charge in [0.2, 0.25) is 0 Å². The summed E-state index contributed by atoms with van der Waals surface area (Å²) >= 11 is 5.96. The Balaban J connectivity index is 1.65. The van der Waals surface area contributed by atoms with Crippen LogP contribution in [-0.2, 0) is 5.41 Å². The minimum atomic E-state index is -0.0426. The monoisotopic (exact) mass is 328 g/mol. The molecule has 23 heavy (non-hydrogen) atoms. The largest absolute Gasteiger partial charge is 0.337 e. The predicted octanol–water partition coefficient (Wildman–Crippen LogP) is 4.61. The summed E-state index contributed by atoms with van der Waals surface area (Å²) in [7, 11) is 0. The van der Waals surface area contributed by atoms with Gasteiger partial charge in [-0.25, -0.2) is 4.79 Å². The van der Waals surface area contributed by atoms with Crippen molar-refractivity contribution < 1.29 is 4.79 Å². The average Bonchev–Trinajstić information content (AvgIpc) is 3.36. The van der Waals surface area contributed by atoms with Crippen molar-refractivity contribution in [3.63, 3.8) is 0 Å². The summed E-state index contributed by atoms with van der Waals surface area (Å²) in [6.45, 7) is 3.29. The van der Waals surface area contributed by atoms with Crippen LogP contribution < -0.4 is 10.2 Å². The van der Waals surface area contributed by atoms with E-state index in [2.05, 4.69) is 17.4 Å². The summed E-state index contributed by atoms with van der Waals surface area (Å²) in [6.07, 6.45) is 2.21. The number of carbonyl (C=O) groups is 1. The Morgan fingerprint density at radius 1 is 1.13 bits per heavy atom. The van der Waals surface area contributed by atoms with Crippen molar-refractivity contribution in [2.24, 2.45) is 0 Å². The van der Waals surface area contributed by atoms with Gasteiger partial charge < -0.3 is 5.32 Å². The fourth-order valence-corrected chi connectivity index (χ4v) is 3.04. The van der Waals surface area contributed by atoms with Gasteiger partial charge in [-0.3, -0.25) is 4.90 Å². The molecule has 3 nitrogen and oxygen atoms in total. The smallest absolute Gasteiger partial charge is 0.321 e. The predicted molar refractivity (Wildman–Crippen MR) is 95.2 cm³/mol. The third-order valence-electron chi connectivity index (χ3n) is 4.52. The first-order valence-electron chi connectivity index (χ1n) is 8.01. The molecule has 0 saturated heterocycles. The van der Waals surface area contributed by atoms with Gasteiger partial charge in [-0.05, 0) is 49.6 Å². The topological polar surface area (TPSA) is 32.3 Å². The van der Waals surface area contributed by atoms with Crippen molar-refractivity contribution in [1.29, 1.82) is 0 Å². The lowest BCUT2D eigenvalue weighted by atomic mass is 9.96. The molecule has 1 fully saturated rings. The molecule has 1 aliphatic carbocycles. The van der Waals surface area contributed by atoms with Crippen LogP contribution in [0, 0.1) is 0 Å². The molecule has 3 rings (SSSR count). The maximum absolute atomic E-state index is 12.5. The van der Waals surface area contributed by atoms with Gasteiger partial charge in [-0.1, -0.05) is 41.9 Å². The van der Waals surface area contributed by atoms with Crippen LogP contribution in [0.5, 0.6) is 0 Å². The molecule has 2 aromatic carbocycles. The molecule has 0 spiro atoms.